The van der Waals surface area contributed by atoms with Gasteiger partial charge in [-0.1, -0.05) is 28.1 Å². The van der Waals surface area contributed by atoms with Crippen LogP contribution in [0.1, 0.15) is 18.6 Å². The maximum absolute atomic E-state index is 9.60. The lowest BCUT2D eigenvalue weighted by Gasteiger charge is -2.07. The molecular weight excluding hydrogens is 304 g/mol. The molecule has 0 bridgehead atoms. The Labute approximate surface area is 119 Å². The van der Waals surface area contributed by atoms with E-state index in [1.165, 1.54) is 0 Å². The van der Waals surface area contributed by atoms with Crippen LogP contribution in [0.15, 0.2) is 53.3 Å². The molecule has 96 valence electrons. The summed E-state index contributed by atoms with van der Waals surface area (Å²) in [6.07, 6.45) is 1.33. The number of benzene rings is 2. The van der Waals surface area contributed by atoms with Crippen molar-refractivity contribution in [3.8, 4) is 5.69 Å². The smallest absolute Gasteiger partial charge is 0.100 e. The zero-order valence-corrected chi connectivity index (χ0v) is 12.0. The standard InChI is InChI=1S/C15H13BrN2O/c1-10(19)11-5-6-15-14(7-11)17-9-18(15)13-4-2-3-12(16)8-13/h2-10,19H,1H3/t10-/m1/s1. The van der Waals surface area contributed by atoms with Crippen LogP contribution in [0, 0.1) is 0 Å². The third-order valence-electron chi connectivity index (χ3n) is 3.14. The molecule has 0 aliphatic rings. The van der Waals surface area contributed by atoms with Crippen molar-refractivity contribution in [3.63, 3.8) is 0 Å². The molecule has 3 rings (SSSR count). The van der Waals surface area contributed by atoms with E-state index in [2.05, 4.69) is 20.9 Å². The molecule has 0 aliphatic heterocycles. The van der Waals surface area contributed by atoms with E-state index >= 15 is 0 Å². The summed E-state index contributed by atoms with van der Waals surface area (Å²) in [6.45, 7) is 1.76. The van der Waals surface area contributed by atoms with Gasteiger partial charge in [-0.25, -0.2) is 4.98 Å². The molecule has 1 atom stereocenters. The Balaban J connectivity index is 2.16. The highest BCUT2D eigenvalue weighted by molar-refractivity contribution is 9.10. The van der Waals surface area contributed by atoms with Gasteiger partial charge in [0, 0.05) is 10.2 Å². The Kier molecular flexibility index (Phi) is 3.12. The van der Waals surface area contributed by atoms with E-state index in [4.69, 9.17) is 0 Å². The van der Waals surface area contributed by atoms with Crippen LogP contribution in [-0.2, 0) is 0 Å². The molecule has 0 saturated carbocycles. The van der Waals surface area contributed by atoms with Crippen LogP contribution in [0.25, 0.3) is 16.7 Å². The number of halogens is 1. The number of rotatable bonds is 2. The van der Waals surface area contributed by atoms with Crippen molar-refractivity contribution in [2.24, 2.45) is 0 Å². The third-order valence-corrected chi connectivity index (χ3v) is 3.63. The molecule has 4 heteroatoms. The van der Waals surface area contributed by atoms with Crippen LogP contribution in [0.4, 0.5) is 0 Å². The summed E-state index contributed by atoms with van der Waals surface area (Å²) < 4.78 is 3.07. The van der Waals surface area contributed by atoms with Crippen molar-refractivity contribution >= 4 is 27.0 Å². The summed E-state index contributed by atoms with van der Waals surface area (Å²) in [5.74, 6) is 0. The minimum absolute atomic E-state index is 0.472. The minimum Gasteiger partial charge on any atom is -0.389 e. The Morgan fingerprint density at radius 1 is 1.21 bits per heavy atom. The van der Waals surface area contributed by atoms with E-state index in [1.54, 1.807) is 13.3 Å². The van der Waals surface area contributed by atoms with Gasteiger partial charge in [0.1, 0.15) is 6.33 Å². The second kappa shape index (κ2) is 4.79. The van der Waals surface area contributed by atoms with E-state index in [-0.39, 0.29) is 0 Å². The zero-order valence-electron chi connectivity index (χ0n) is 10.4. The fraction of sp³-hybridized carbons (Fsp3) is 0.133. The predicted octanol–water partition coefficient (Wildman–Crippen LogP) is 3.84. The average Bonchev–Trinajstić information content (AvgIpc) is 2.81. The third kappa shape index (κ3) is 2.29. The maximum Gasteiger partial charge on any atom is 0.100 e. The largest absolute Gasteiger partial charge is 0.389 e. The number of aromatic nitrogens is 2. The fourth-order valence-corrected chi connectivity index (χ4v) is 2.51. The highest BCUT2D eigenvalue weighted by Gasteiger charge is 2.07. The van der Waals surface area contributed by atoms with Crippen molar-refractivity contribution in [1.29, 1.82) is 0 Å². The van der Waals surface area contributed by atoms with Crippen LogP contribution >= 0.6 is 15.9 Å². The second-order valence-corrected chi connectivity index (χ2v) is 5.43. The predicted molar refractivity (Wildman–Crippen MR) is 79.4 cm³/mol. The van der Waals surface area contributed by atoms with Gasteiger partial charge in [-0.15, -0.1) is 0 Å². The first-order chi connectivity index (χ1) is 9.15. The van der Waals surface area contributed by atoms with E-state index in [0.29, 0.717) is 0 Å². The Hall–Kier alpha value is -1.65. The first-order valence-electron chi connectivity index (χ1n) is 6.06. The summed E-state index contributed by atoms with van der Waals surface area (Å²) in [4.78, 5) is 4.40. The van der Waals surface area contributed by atoms with Crippen LogP contribution in [0.2, 0.25) is 0 Å². The highest BCUT2D eigenvalue weighted by Crippen LogP contribution is 2.23. The fourth-order valence-electron chi connectivity index (χ4n) is 2.12. The van der Waals surface area contributed by atoms with Crippen LogP contribution in [-0.4, -0.2) is 14.7 Å². The summed E-state index contributed by atoms with van der Waals surface area (Å²) >= 11 is 3.48. The Morgan fingerprint density at radius 2 is 2.05 bits per heavy atom. The molecule has 3 aromatic rings. The molecule has 0 aliphatic carbocycles. The van der Waals surface area contributed by atoms with E-state index in [1.807, 2.05) is 47.0 Å². The van der Waals surface area contributed by atoms with Gasteiger partial charge in [0.2, 0.25) is 0 Å². The number of aliphatic hydroxyl groups is 1. The summed E-state index contributed by atoms with van der Waals surface area (Å²) in [6, 6.07) is 13.9. The van der Waals surface area contributed by atoms with E-state index in [9.17, 15) is 5.11 Å². The molecule has 3 nitrogen and oxygen atoms in total. The van der Waals surface area contributed by atoms with Gasteiger partial charge < -0.3 is 5.11 Å². The molecule has 0 radical (unpaired) electrons. The number of aliphatic hydroxyl groups excluding tert-OH is 1. The van der Waals surface area contributed by atoms with Crippen molar-refractivity contribution in [2.45, 2.75) is 13.0 Å². The number of imidazole rings is 1. The monoisotopic (exact) mass is 316 g/mol. The molecule has 0 fully saturated rings. The molecule has 1 aromatic heterocycles. The SMILES string of the molecule is C[C@@H](O)c1ccc2c(c1)ncn2-c1cccc(Br)c1. The van der Waals surface area contributed by atoms with Gasteiger partial charge in [-0.2, -0.15) is 0 Å². The molecule has 1 N–H and O–H groups in total. The molecule has 0 spiro atoms. The number of fused-ring (bicyclic) bond motifs is 1. The lowest BCUT2D eigenvalue weighted by molar-refractivity contribution is 0.199. The molecule has 0 saturated heterocycles. The summed E-state index contributed by atoms with van der Waals surface area (Å²) in [5.41, 5.74) is 3.86. The highest BCUT2D eigenvalue weighted by atomic mass is 79.9. The Morgan fingerprint density at radius 3 is 2.79 bits per heavy atom. The van der Waals surface area contributed by atoms with E-state index in [0.717, 1.165) is 26.8 Å². The van der Waals surface area contributed by atoms with Crippen LogP contribution < -0.4 is 0 Å². The van der Waals surface area contributed by atoms with Gasteiger partial charge in [0.15, 0.2) is 0 Å². The van der Waals surface area contributed by atoms with E-state index < -0.39 is 6.10 Å². The van der Waals surface area contributed by atoms with Gasteiger partial charge in [-0.3, -0.25) is 4.57 Å². The normalized spacial score (nSPS) is 12.8. The summed E-state index contributed by atoms with van der Waals surface area (Å²) in [5, 5.41) is 9.60. The molecular formula is C15H13BrN2O. The first kappa shape index (κ1) is 12.4. The van der Waals surface area contributed by atoms with Gasteiger partial charge in [0.05, 0.1) is 17.1 Å². The summed E-state index contributed by atoms with van der Waals surface area (Å²) in [7, 11) is 0. The lowest BCUT2D eigenvalue weighted by Crippen LogP contribution is -1.93. The minimum atomic E-state index is -0.472. The van der Waals surface area contributed by atoms with Crippen molar-refractivity contribution in [1.82, 2.24) is 9.55 Å². The average molecular weight is 317 g/mol. The quantitative estimate of drug-likeness (QED) is 0.780. The molecule has 1 heterocycles. The lowest BCUT2D eigenvalue weighted by atomic mass is 10.1. The number of nitrogens with zero attached hydrogens (tertiary/aromatic N) is 2. The zero-order chi connectivity index (χ0) is 13.4. The number of hydrogen-bond acceptors (Lipinski definition) is 2. The van der Waals surface area contributed by atoms with Crippen LogP contribution in [0.3, 0.4) is 0 Å². The molecule has 2 aromatic carbocycles. The topological polar surface area (TPSA) is 38.1 Å². The number of hydrogen-bond donors (Lipinski definition) is 1. The van der Waals surface area contributed by atoms with Crippen molar-refractivity contribution in [3.05, 3.63) is 58.8 Å². The maximum atomic E-state index is 9.60. The molecule has 0 unspecified atom stereocenters. The van der Waals surface area contributed by atoms with Gasteiger partial charge >= 0.3 is 0 Å². The van der Waals surface area contributed by atoms with Gasteiger partial charge in [0.25, 0.3) is 0 Å². The Bertz CT molecular complexity index is 734. The molecule has 0 amide bonds. The van der Waals surface area contributed by atoms with Crippen LogP contribution in [0.5, 0.6) is 0 Å². The molecule has 19 heavy (non-hydrogen) atoms. The second-order valence-electron chi connectivity index (χ2n) is 4.52. The van der Waals surface area contributed by atoms with Gasteiger partial charge in [-0.05, 0) is 42.8 Å². The first-order valence-corrected chi connectivity index (χ1v) is 6.85. The van der Waals surface area contributed by atoms with Crippen molar-refractivity contribution in [2.75, 3.05) is 0 Å². The van der Waals surface area contributed by atoms with Crippen molar-refractivity contribution < 1.29 is 5.11 Å².